The van der Waals surface area contributed by atoms with Crippen LogP contribution in [0.25, 0.3) is 0 Å². The molecule has 1 N–H and O–H groups in total. The van der Waals surface area contributed by atoms with Crippen LogP contribution in [-0.4, -0.2) is 31.1 Å². The number of rotatable bonds is 5. The Bertz CT molecular complexity index is 319. The van der Waals surface area contributed by atoms with Gasteiger partial charge in [-0.2, -0.15) is 0 Å². The molecule has 0 saturated carbocycles. The van der Waals surface area contributed by atoms with Gasteiger partial charge in [0.15, 0.2) is 0 Å². The summed E-state index contributed by atoms with van der Waals surface area (Å²) in [6.07, 6.45) is 6.24. The second-order valence-electron chi connectivity index (χ2n) is 5.85. The van der Waals surface area contributed by atoms with Gasteiger partial charge >= 0.3 is 0 Å². The zero-order valence-corrected chi connectivity index (χ0v) is 11.0. The molecule has 2 heterocycles. The molecule has 0 amide bonds. The average Bonchev–Trinajstić information content (AvgIpc) is 2.76. The monoisotopic (exact) mass is 236 g/mol. The molecule has 1 saturated heterocycles. The molecule has 1 fully saturated rings. The third-order valence-corrected chi connectivity index (χ3v) is 3.49. The van der Waals surface area contributed by atoms with Crippen molar-refractivity contribution in [2.45, 2.75) is 33.2 Å². The highest BCUT2D eigenvalue weighted by molar-refractivity contribution is 5.04. The molecular formula is C14H24N2O. The van der Waals surface area contributed by atoms with Gasteiger partial charge in [0.2, 0.25) is 0 Å². The Balaban J connectivity index is 1.62. The molecule has 1 aliphatic heterocycles. The summed E-state index contributed by atoms with van der Waals surface area (Å²) in [5, 5.41) is 3.46. The van der Waals surface area contributed by atoms with Crippen LogP contribution >= 0.6 is 0 Å². The van der Waals surface area contributed by atoms with E-state index in [0.29, 0.717) is 5.41 Å². The Labute approximate surface area is 104 Å². The van der Waals surface area contributed by atoms with E-state index in [0.717, 1.165) is 19.6 Å². The van der Waals surface area contributed by atoms with Crippen molar-refractivity contribution >= 4 is 0 Å². The fraction of sp³-hybridized carbons (Fsp3) is 0.714. The van der Waals surface area contributed by atoms with E-state index in [2.05, 4.69) is 24.1 Å². The first kappa shape index (κ1) is 12.7. The first-order valence-corrected chi connectivity index (χ1v) is 6.60. The molecule has 3 heteroatoms. The SMILES string of the molecule is CC1(C)CCCN(CCNCc2ccoc2)C1. The molecule has 0 aliphatic carbocycles. The molecule has 1 aromatic rings. The van der Waals surface area contributed by atoms with E-state index in [-0.39, 0.29) is 0 Å². The minimum atomic E-state index is 0.503. The number of furan rings is 1. The van der Waals surface area contributed by atoms with Gasteiger partial charge in [0.1, 0.15) is 0 Å². The molecule has 0 unspecified atom stereocenters. The van der Waals surface area contributed by atoms with Gasteiger partial charge in [-0.05, 0) is 30.9 Å². The van der Waals surface area contributed by atoms with E-state index >= 15 is 0 Å². The third-order valence-electron chi connectivity index (χ3n) is 3.49. The van der Waals surface area contributed by atoms with Crippen molar-refractivity contribution in [1.29, 1.82) is 0 Å². The quantitative estimate of drug-likeness (QED) is 0.796. The first-order chi connectivity index (χ1) is 8.16. The summed E-state index contributed by atoms with van der Waals surface area (Å²) in [5.74, 6) is 0. The Morgan fingerprint density at radius 3 is 3.06 bits per heavy atom. The molecule has 1 aliphatic rings. The molecule has 0 bridgehead atoms. The molecule has 96 valence electrons. The number of hydrogen-bond donors (Lipinski definition) is 1. The minimum Gasteiger partial charge on any atom is -0.472 e. The summed E-state index contributed by atoms with van der Waals surface area (Å²) in [5.41, 5.74) is 1.73. The van der Waals surface area contributed by atoms with Crippen LogP contribution in [0.3, 0.4) is 0 Å². The van der Waals surface area contributed by atoms with E-state index < -0.39 is 0 Å². The van der Waals surface area contributed by atoms with Crippen molar-refractivity contribution in [1.82, 2.24) is 10.2 Å². The maximum absolute atomic E-state index is 5.04. The van der Waals surface area contributed by atoms with Gasteiger partial charge in [-0.3, -0.25) is 0 Å². The number of nitrogens with zero attached hydrogens (tertiary/aromatic N) is 1. The topological polar surface area (TPSA) is 28.4 Å². The van der Waals surface area contributed by atoms with E-state index in [1.54, 1.807) is 12.5 Å². The van der Waals surface area contributed by atoms with E-state index in [9.17, 15) is 0 Å². The van der Waals surface area contributed by atoms with Crippen molar-refractivity contribution in [2.75, 3.05) is 26.2 Å². The Morgan fingerprint density at radius 2 is 2.35 bits per heavy atom. The van der Waals surface area contributed by atoms with Crippen molar-refractivity contribution in [3.63, 3.8) is 0 Å². The lowest BCUT2D eigenvalue weighted by molar-refractivity contribution is 0.118. The fourth-order valence-electron chi connectivity index (χ4n) is 2.60. The zero-order valence-electron chi connectivity index (χ0n) is 11.0. The lowest BCUT2D eigenvalue weighted by Gasteiger charge is -2.38. The largest absolute Gasteiger partial charge is 0.472 e. The molecule has 0 aromatic carbocycles. The maximum atomic E-state index is 5.04. The van der Waals surface area contributed by atoms with Crippen LogP contribution in [0.2, 0.25) is 0 Å². The molecule has 17 heavy (non-hydrogen) atoms. The highest BCUT2D eigenvalue weighted by Crippen LogP contribution is 2.27. The summed E-state index contributed by atoms with van der Waals surface area (Å²) in [4.78, 5) is 2.58. The lowest BCUT2D eigenvalue weighted by atomic mass is 9.84. The fourth-order valence-corrected chi connectivity index (χ4v) is 2.60. The van der Waals surface area contributed by atoms with Crippen molar-refractivity contribution < 1.29 is 4.42 Å². The second-order valence-corrected chi connectivity index (χ2v) is 5.85. The normalized spacial score (nSPS) is 20.6. The molecular weight excluding hydrogens is 212 g/mol. The average molecular weight is 236 g/mol. The van der Waals surface area contributed by atoms with Crippen LogP contribution in [0.1, 0.15) is 32.3 Å². The minimum absolute atomic E-state index is 0.503. The highest BCUT2D eigenvalue weighted by atomic mass is 16.3. The summed E-state index contributed by atoms with van der Waals surface area (Å²) in [6, 6.07) is 2.01. The van der Waals surface area contributed by atoms with E-state index in [4.69, 9.17) is 4.42 Å². The predicted molar refractivity (Wildman–Crippen MR) is 69.9 cm³/mol. The Hall–Kier alpha value is -0.800. The van der Waals surface area contributed by atoms with Gasteiger partial charge in [0.05, 0.1) is 12.5 Å². The van der Waals surface area contributed by atoms with Crippen LogP contribution in [0.4, 0.5) is 0 Å². The van der Waals surface area contributed by atoms with Crippen LogP contribution in [-0.2, 0) is 6.54 Å². The predicted octanol–water partition coefficient (Wildman–Crippen LogP) is 2.49. The van der Waals surface area contributed by atoms with Gasteiger partial charge < -0.3 is 14.6 Å². The molecule has 0 spiro atoms. The van der Waals surface area contributed by atoms with Crippen LogP contribution < -0.4 is 5.32 Å². The molecule has 0 atom stereocenters. The standard InChI is InChI=1S/C14H24N2O/c1-14(2)5-3-7-16(12-14)8-6-15-10-13-4-9-17-11-13/h4,9,11,15H,3,5-8,10,12H2,1-2H3. The molecule has 0 radical (unpaired) electrons. The van der Waals surface area contributed by atoms with Crippen LogP contribution in [0.5, 0.6) is 0 Å². The maximum Gasteiger partial charge on any atom is 0.0947 e. The summed E-state index contributed by atoms with van der Waals surface area (Å²) in [6.45, 7) is 10.4. The summed E-state index contributed by atoms with van der Waals surface area (Å²) in [7, 11) is 0. The summed E-state index contributed by atoms with van der Waals surface area (Å²) < 4.78 is 5.04. The van der Waals surface area contributed by atoms with Gasteiger partial charge in [0, 0.05) is 31.7 Å². The van der Waals surface area contributed by atoms with Crippen LogP contribution in [0, 0.1) is 5.41 Å². The lowest BCUT2D eigenvalue weighted by Crippen LogP contribution is -2.42. The third kappa shape index (κ3) is 4.17. The van der Waals surface area contributed by atoms with Crippen molar-refractivity contribution in [3.8, 4) is 0 Å². The molecule has 3 nitrogen and oxygen atoms in total. The Kier molecular flexibility index (Phi) is 4.24. The zero-order chi connectivity index (χ0) is 12.1. The van der Waals surface area contributed by atoms with E-state index in [1.165, 1.54) is 31.5 Å². The first-order valence-electron chi connectivity index (χ1n) is 6.60. The molecule has 1 aromatic heterocycles. The molecule has 2 rings (SSSR count). The Morgan fingerprint density at radius 1 is 1.47 bits per heavy atom. The second kappa shape index (κ2) is 5.69. The smallest absolute Gasteiger partial charge is 0.0947 e. The van der Waals surface area contributed by atoms with Gasteiger partial charge in [-0.25, -0.2) is 0 Å². The summed E-state index contributed by atoms with van der Waals surface area (Å²) >= 11 is 0. The van der Waals surface area contributed by atoms with E-state index in [1.807, 2.05) is 6.07 Å². The number of hydrogen-bond acceptors (Lipinski definition) is 3. The highest BCUT2D eigenvalue weighted by Gasteiger charge is 2.25. The van der Waals surface area contributed by atoms with Crippen molar-refractivity contribution in [3.05, 3.63) is 24.2 Å². The number of likely N-dealkylation sites (tertiary alicyclic amines) is 1. The number of nitrogens with one attached hydrogen (secondary N) is 1. The van der Waals surface area contributed by atoms with Crippen LogP contribution in [0.15, 0.2) is 23.0 Å². The number of piperidine rings is 1. The van der Waals surface area contributed by atoms with Gasteiger partial charge in [-0.15, -0.1) is 0 Å². The van der Waals surface area contributed by atoms with Gasteiger partial charge in [-0.1, -0.05) is 13.8 Å². The van der Waals surface area contributed by atoms with Gasteiger partial charge in [0.25, 0.3) is 0 Å². The van der Waals surface area contributed by atoms with Crippen molar-refractivity contribution in [2.24, 2.45) is 5.41 Å².